The minimum absolute atomic E-state index is 0.0286. The van der Waals surface area contributed by atoms with E-state index < -0.39 is 35.0 Å². The fraction of sp³-hybridized carbons (Fsp3) is 0.125. The van der Waals surface area contributed by atoms with Gasteiger partial charge in [-0.2, -0.15) is 0 Å². The number of amides is 6. The summed E-state index contributed by atoms with van der Waals surface area (Å²) in [4.78, 5) is 51.7. The number of phenols is 1. The van der Waals surface area contributed by atoms with E-state index in [1.165, 1.54) is 6.07 Å². The minimum Gasteiger partial charge on any atom is -0.508 e. The highest BCUT2D eigenvalue weighted by Gasteiger charge is 2.56. The van der Waals surface area contributed by atoms with Crippen LogP contribution in [-0.2, 0) is 20.7 Å². The number of urea groups is 2. The second-order valence-corrected chi connectivity index (χ2v) is 10.8. The molecule has 0 saturated carbocycles. The fourth-order valence-electron chi connectivity index (χ4n) is 6.90. The lowest BCUT2D eigenvalue weighted by Gasteiger charge is -2.25. The summed E-state index contributed by atoms with van der Waals surface area (Å²) in [5, 5.41) is 29.8. The quantitative estimate of drug-likeness (QED) is 0.204. The molecule has 212 valence electrons. The number of carbonyl (C=O) groups is 4. The summed E-state index contributed by atoms with van der Waals surface area (Å²) >= 11 is 0. The van der Waals surface area contributed by atoms with Crippen molar-refractivity contribution in [2.75, 3.05) is 13.2 Å². The lowest BCUT2D eigenvalue weighted by atomic mass is 9.84. The van der Waals surface area contributed by atoms with Crippen LogP contribution in [-0.4, -0.2) is 47.3 Å². The molecule has 6 amide bonds. The number of aliphatic hydroxyl groups is 1. The second-order valence-electron chi connectivity index (χ2n) is 10.8. The first-order valence-corrected chi connectivity index (χ1v) is 13.6. The van der Waals surface area contributed by atoms with Crippen molar-refractivity contribution in [1.29, 1.82) is 0 Å². The van der Waals surface area contributed by atoms with Crippen LogP contribution in [0.3, 0.4) is 0 Å². The van der Waals surface area contributed by atoms with Gasteiger partial charge in [-0.1, -0.05) is 36.4 Å². The van der Waals surface area contributed by atoms with Gasteiger partial charge in [-0.25, -0.2) is 9.59 Å². The van der Waals surface area contributed by atoms with Gasteiger partial charge in [0.15, 0.2) is 11.1 Å². The van der Waals surface area contributed by atoms with Gasteiger partial charge in [0.1, 0.15) is 18.1 Å². The Morgan fingerprint density at radius 3 is 1.70 bits per heavy atom. The smallest absolute Gasteiger partial charge is 0.322 e. The average Bonchev–Trinajstić information content (AvgIpc) is 3.66. The molecule has 11 heteroatoms. The number of aliphatic hydroxyl groups excluding tert-OH is 1. The minimum atomic E-state index is -1.50. The predicted octanol–water partition coefficient (Wildman–Crippen LogP) is 2.56. The molecule has 2 aliphatic carbocycles. The normalized spacial score (nSPS) is 22.1. The van der Waals surface area contributed by atoms with Gasteiger partial charge in [0.2, 0.25) is 0 Å². The molecule has 2 saturated heterocycles. The van der Waals surface area contributed by atoms with Crippen LogP contribution in [0, 0.1) is 0 Å². The Balaban J connectivity index is 1.30. The molecule has 2 fully saturated rings. The monoisotopic (exact) mass is 574 g/mol. The number of imide groups is 2. The molecular weight excluding hydrogens is 552 g/mol. The Bertz CT molecular complexity index is 1990. The highest BCUT2D eigenvalue weighted by molar-refractivity contribution is 6.14. The summed E-state index contributed by atoms with van der Waals surface area (Å²) < 4.78 is 5.60. The number of ether oxygens (including phenoxy) is 1. The Hall–Kier alpha value is -5.68. The van der Waals surface area contributed by atoms with Crippen LogP contribution >= 0.6 is 0 Å². The largest absolute Gasteiger partial charge is 0.508 e. The van der Waals surface area contributed by atoms with Crippen molar-refractivity contribution in [2.45, 2.75) is 11.1 Å². The van der Waals surface area contributed by atoms with E-state index in [9.17, 15) is 29.4 Å². The highest BCUT2D eigenvalue weighted by Crippen LogP contribution is 2.53. The van der Waals surface area contributed by atoms with E-state index in [0.29, 0.717) is 50.3 Å². The summed E-state index contributed by atoms with van der Waals surface area (Å²) in [5.41, 5.74) is 3.49. The third-order valence-corrected chi connectivity index (χ3v) is 8.66. The second kappa shape index (κ2) is 8.43. The molecule has 0 bridgehead atoms. The summed E-state index contributed by atoms with van der Waals surface area (Å²) in [6.07, 6.45) is 0. The molecule has 4 aliphatic rings. The van der Waals surface area contributed by atoms with E-state index in [4.69, 9.17) is 4.74 Å². The number of rotatable bonds is 4. The molecule has 43 heavy (non-hydrogen) atoms. The highest BCUT2D eigenvalue weighted by atomic mass is 16.5. The van der Waals surface area contributed by atoms with Crippen LogP contribution in [0.5, 0.6) is 11.5 Å². The van der Waals surface area contributed by atoms with Crippen LogP contribution in [0.1, 0.15) is 22.3 Å². The Labute approximate surface area is 243 Å². The maximum Gasteiger partial charge on any atom is 0.322 e. The van der Waals surface area contributed by atoms with E-state index >= 15 is 0 Å². The molecule has 2 heterocycles. The Kier molecular flexibility index (Phi) is 4.91. The number of phenolic OH excluding ortho intramolecular Hbond substituents is 1. The molecule has 6 N–H and O–H groups in total. The Morgan fingerprint density at radius 1 is 0.605 bits per heavy atom. The first-order chi connectivity index (χ1) is 20.8. The van der Waals surface area contributed by atoms with Gasteiger partial charge in [-0.15, -0.1) is 0 Å². The van der Waals surface area contributed by atoms with Gasteiger partial charge in [0.25, 0.3) is 11.8 Å². The van der Waals surface area contributed by atoms with Crippen molar-refractivity contribution in [3.63, 3.8) is 0 Å². The van der Waals surface area contributed by atoms with Gasteiger partial charge in [0, 0.05) is 16.7 Å². The number of hydrogen-bond donors (Lipinski definition) is 6. The molecule has 2 spiro atoms. The molecule has 2 unspecified atom stereocenters. The number of benzene rings is 4. The summed E-state index contributed by atoms with van der Waals surface area (Å²) in [7, 11) is 0. The molecule has 11 nitrogen and oxygen atoms in total. The molecule has 0 radical (unpaired) electrons. The summed E-state index contributed by atoms with van der Waals surface area (Å²) in [6.45, 7) is -0.105. The van der Waals surface area contributed by atoms with Crippen LogP contribution in [0.4, 0.5) is 9.59 Å². The third-order valence-electron chi connectivity index (χ3n) is 8.66. The first-order valence-electron chi connectivity index (χ1n) is 13.6. The van der Waals surface area contributed by atoms with Crippen molar-refractivity contribution >= 4 is 23.9 Å². The van der Waals surface area contributed by atoms with Gasteiger partial charge >= 0.3 is 12.1 Å². The molecule has 2 atom stereocenters. The lowest BCUT2D eigenvalue weighted by Crippen LogP contribution is -2.43. The number of nitrogens with one attached hydrogen (secondary N) is 4. The van der Waals surface area contributed by atoms with Crippen LogP contribution in [0.2, 0.25) is 0 Å². The van der Waals surface area contributed by atoms with E-state index in [2.05, 4.69) is 21.3 Å². The maximum atomic E-state index is 13.5. The molecule has 4 aromatic carbocycles. The van der Waals surface area contributed by atoms with Crippen LogP contribution in [0.25, 0.3) is 33.4 Å². The number of carbonyl (C=O) groups excluding carboxylic acids is 4. The number of hydrogen-bond acceptors (Lipinski definition) is 7. The van der Waals surface area contributed by atoms with E-state index in [1.807, 2.05) is 42.5 Å². The zero-order valence-electron chi connectivity index (χ0n) is 22.3. The van der Waals surface area contributed by atoms with Gasteiger partial charge in [0.05, 0.1) is 6.61 Å². The van der Waals surface area contributed by atoms with E-state index in [1.54, 1.807) is 24.3 Å². The molecule has 4 aromatic rings. The van der Waals surface area contributed by atoms with Crippen molar-refractivity contribution in [1.82, 2.24) is 21.3 Å². The van der Waals surface area contributed by atoms with Gasteiger partial charge in [-0.05, 0) is 75.3 Å². The summed E-state index contributed by atoms with van der Waals surface area (Å²) in [6, 6.07) is 19.8. The molecule has 2 aliphatic heterocycles. The van der Waals surface area contributed by atoms with Crippen LogP contribution < -0.4 is 26.0 Å². The molecule has 0 aromatic heterocycles. The standard InChI is InChI=1S/C32H22N4O7/c37-9-10-43-18-4-7-20-19-5-1-15(11-24(19)32(26(20)14-18)28(40)34-30(42)36-32)16-2-6-21-22-13-17(38)3-8-23(22)31(25(21)12-16)27(39)33-29(41)35-31/h1-8,11-14,37-38H,9-10H2,(H2,33,35,39,41)(H2,34,36,40,42). The molecular formula is C32H22N4O7. The Morgan fingerprint density at radius 2 is 1.14 bits per heavy atom. The fourth-order valence-corrected chi connectivity index (χ4v) is 6.90. The number of aromatic hydroxyl groups is 1. The van der Waals surface area contributed by atoms with Gasteiger partial charge in [-0.3, -0.25) is 20.2 Å². The lowest BCUT2D eigenvalue weighted by molar-refractivity contribution is -0.123. The maximum absolute atomic E-state index is 13.5. The van der Waals surface area contributed by atoms with Crippen molar-refractivity contribution in [3.05, 3.63) is 95.1 Å². The summed E-state index contributed by atoms with van der Waals surface area (Å²) in [5.74, 6) is -0.572. The SMILES string of the molecule is O=C1NC(=O)C2(N1)c1ccc(O)cc1-c1ccc(-c3ccc4c(c3)C3(NC(=O)NC3=O)c3cc(OCCO)ccc3-4)cc12. The number of fused-ring (bicyclic) bond motifs is 10. The van der Waals surface area contributed by atoms with Crippen molar-refractivity contribution < 1.29 is 34.1 Å². The van der Waals surface area contributed by atoms with Crippen molar-refractivity contribution in [3.8, 4) is 44.9 Å². The van der Waals surface area contributed by atoms with E-state index in [0.717, 1.165) is 11.1 Å². The predicted molar refractivity (Wildman–Crippen MR) is 152 cm³/mol. The zero-order valence-corrected chi connectivity index (χ0v) is 22.3. The van der Waals surface area contributed by atoms with E-state index in [-0.39, 0.29) is 19.0 Å². The van der Waals surface area contributed by atoms with Gasteiger partial charge < -0.3 is 25.6 Å². The first kappa shape index (κ1) is 25.1. The zero-order chi connectivity index (χ0) is 29.7. The molecule has 8 rings (SSSR count). The van der Waals surface area contributed by atoms with Crippen LogP contribution in [0.15, 0.2) is 72.8 Å². The average molecular weight is 575 g/mol. The van der Waals surface area contributed by atoms with Crippen molar-refractivity contribution in [2.24, 2.45) is 0 Å². The topological polar surface area (TPSA) is 166 Å². The third kappa shape index (κ3) is 3.16.